The second-order valence-electron chi connectivity index (χ2n) is 9.00. The number of nitrogens with one attached hydrogen (secondary N) is 2. The highest BCUT2D eigenvalue weighted by Gasteiger charge is 2.32. The maximum atomic E-state index is 13.2. The minimum atomic E-state index is -0.347. The molecule has 2 N–H and O–H groups in total. The quantitative estimate of drug-likeness (QED) is 0.365. The van der Waals surface area contributed by atoms with E-state index >= 15 is 0 Å². The van der Waals surface area contributed by atoms with E-state index in [1.165, 1.54) is 0 Å². The molecule has 3 heterocycles. The molecule has 0 spiro atoms. The number of aromatic nitrogens is 4. The van der Waals surface area contributed by atoms with Crippen molar-refractivity contribution in [2.75, 3.05) is 45.3 Å². The SMILES string of the molecule is CCCNC(=O)N1CCN(c2cc(Cl)nc(-n3ccnc3)n2)C(CC(=O)NCc2cc(OC)ccc2OC)C1. The van der Waals surface area contributed by atoms with E-state index in [2.05, 4.69) is 25.6 Å². The number of amides is 3. The van der Waals surface area contributed by atoms with Crippen molar-refractivity contribution in [3.8, 4) is 17.4 Å². The molecular weight excluding hydrogens is 524 g/mol. The van der Waals surface area contributed by atoms with Crippen LogP contribution in [-0.4, -0.2) is 82.8 Å². The average molecular weight is 557 g/mol. The molecule has 0 bridgehead atoms. The zero-order chi connectivity index (χ0) is 27.8. The molecule has 13 heteroatoms. The Kier molecular flexibility index (Phi) is 9.42. The molecule has 3 aromatic rings. The normalized spacial score (nSPS) is 15.1. The molecule has 12 nitrogen and oxygen atoms in total. The van der Waals surface area contributed by atoms with Crippen molar-refractivity contribution in [3.05, 3.63) is 53.7 Å². The minimum Gasteiger partial charge on any atom is -0.497 e. The van der Waals surface area contributed by atoms with Crippen LogP contribution in [-0.2, 0) is 11.3 Å². The first-order valence-corrected chi connectivity index (χ1v) is 13.1. The summed E-state index contributed by atoms with van der Waals surface area (Å²) in [6.45, 7) is 4.13. The number of halogens is 1. The first-order chi connectivity index (χ1) is 18.9. The lowest BCUT2D eigenvalue weighted by Gasteiger charge is -2.42. The van der Waals surface area contributed by atoms with Crippen LogP contribution in [0.4, 0.5) is 10.6 Å². The average Bonchev–Trinajstić information content (AvgIpc) is 3.49. The molecule has 1 aromatic carbocycles. The third-order valence-electron chi connectivity index (χ3n) is 6.38. The summed E-state index contributed by atoms with van der Waals surface area (Å²) >= 11 is 6.36. The van der Waals surface area contributed by atoms with Crippen LogP contribution in [0.1, 0.15) is 25.3 Å². The highest BCUT2D eigenvalue weighted by Crippen LogP contribution is 2.26. The van der Waals surface area contributed by atoms with Crippen LogP contribution in [0, 0.1) is 0 Å². The maximum absolute atomic E-state index is 13.2. The van der Waals surface area contributed by atoms with Gasteiger partial charge >= 0.3 is 6.03 Å². The third kappa shape index (κ3) is 7.08. The van der Waals surface area contributed by atoms with E-state index in [1.807, 2.05) is 17.9 Å². The molecule has 0 aliphatic carbocycles. The lowest BCUT2D eigenvalue weighted by atomic mass is 10.1. The number of ether oxygens (including phenoxy) is 2. The van der Waals surface area contributed by atoms with Gasteiger partial charge in [0.05, 0.1) is 20.3 Å². The van der Waals surface area contributed by atoms with E-state index in [0.717, 1.165) is 12.0 Å². The highest BCUT2D eigenvalue weighted by atomic mass is 35.5. The van der Waals surface area contributed by atoms with Crippen molar-refractivity contribution in [1.29, 1.82) is 0 Å². The van der Waals surface area contributed by atoms with Gasteiger partial charge in [-0.05, 0) is 24.6 Å². The summed E-state index contributed by atoms with van der Waals surface area (Å²) in [7, 11) is 3.16. The van der Waals surface area contributed by atoms with Crippen molar-refractivity contribution in [3.63, 3.8) is 0 Å². The number of carbonyl (C=O) groups excluding carboxylic acids is 2. The molecule has 1 aliphatic heterocycles. The predicted molar refractivity (Wildman–Crippen MR) is 147 cm³/mol. The lowest BCUT2D eigenvalue weighted by molar-refractivity contribution is -0.121. The van der Waals surface area contributed by atoms with E-state index in [9.17, 15) is 9.59 Å². The lowest BCUT2D eigenvalue weighted by Crippen LogP contribution is -2.58. The first-order valence-electron chi connectivity index (χ1n) is 12.7. The molecule has 1 atom stereocenters. The standard InChI is InChI=1S/C26H33ClN8O4/c1-4-7-29-26(37)33-10-11-35(23-14-22(27)31-25(32-23)34-9-8-28-17-34)19(16-33)13-24(36)30-15-18-12-20(38-2)5-6-21(18)39-3/h5-6,8-9,12,14,17,19H,4,7,10-11,13,15-16H2,1-3H3,(H,29,37)(H,30,36). The smallest absolute Gasteiger partial charge is 0.317 e. The molecule has 2 aromatic heterocycles. The summed E-state index contributed by atoms with van der Waals surface area (Å²) in [5.41, 5.74) is 0.791. The molecule has 1 fully saturated rings. The van der Waals surface area contributed by atoms with Crippen LogP contribution >= 0.6 is 11.6 Å². The van der Waals surface area contributed by atoms with Gasteiger partial charge in [0.1, 0.15) is 28.8 Å². The number of rotatable bonds is 10. The summed E-state index contributed by atoms with van der Waals surface area (Å²) in [5.74, 6) is 2.07. The Morgan fingerprint density at radius 1 is 1.13 bits per heavy atom. The monoisotopic (exact) mass is 556 g/mol. The van der Waals surface area contributed by atoms with Crippen LogP contribution in [0.5, 0.6) is 11.5 Å². The highest BCUT2D eigenvalue weighted by molar-refractivity contribution is 6.29. The zero-order valence-corrected chi connectivity index (χ0v) is 23.0. The molecule has 1 unspecified atom stereocenters. The number of piperazine rings is 1. The van der Waals surface area contributed by atoms with Gasteiger partial charge in [0.15, 0.2) is 0 Å². The fraction of sp³-hybridized carbons (Fsp3) is 0.423. The van der Waals surface area contributed by atoms with Crippen LogP contribution < -0.4 is 25.0 Å². The Morgan fingerprint density at radius 3 is 2.69 bits per heavy atom. The van der Waals surface area contributed by atoms with Gasteiger partial charge in [0, 0.05) is 63.2 Å². The number of nitrogens with zero attached hydrogens (tertiary/aromatic N) is 6. The van der Waals surface area contributed by atoms with Crippen molar-refractivity contribution >= 4 is 29.4 Å². The predicted octanol–water partition coefficient (Wildman–Crippen LogP) is 2.65. The van der Waals surface area contributed by atoms with Crippen LogP contribution in [0.3, 0.4) is 0 Å². The van der Waals surface area contributed by atoms with Gasteiger partial charge in [0.2, 0.25) is 11.9 Å². The Hall–Kier alpha value is -4.06. The molecule has 39 heavy (non-hydrogen) atoms. The van der Waals surface area contributed by atoms with E-state index in [1.54, 1.807) is 60.6 Å². The molecule has 1 aliphatic rings. The van der Waals surface area contributed by atoms with Gasteiger partial charge in [-0.1, -0.05) is 18.5 Å². The van der Waals surface area contributed by atoms with Crippen LogP contribution in [0.15, 0.2) is 43.0 Å². The largest absolute Gasteiger partial charge is 0.497 e. The number of anilines is 1. The fourth-order valence-electron chi connectivity index (χ4n) is 4.39. The fourth-order valence-corrected chi connectivity index (χ4v) is 4.57. The molecule has 0 radical (unpaired) electrons. The van der Waals surface area contributed by atoms with E-state index in [-0.39, 0.29) is 36.1 Å². The topological polar surface area (TPSA) is 127 Å². The van der Waals surface area contributed by atoms with Crippen LogP contribution in [0.25, 0.3) is 5.95 Å². The van der Waals surface area contributed by atoms with E-state index in [0.29, 0.717) is 49.4 Å². The number of urea groups is 1. The molecule has 1 saturated heterocycles. The Bertz CT molecular complexity index is 1270. The maximum Gasteiger partial charge on any atom is 0.317 e. The number of imidazole rings is 1. The number of methoxy groups -OCH3 is 2. The molecule has 4 rings (SSSR count). The Balaban J connectivity index is 1.53. The van der Waals surface area contributed by atoms with Gasteiger partial charge in [-0.2, -0.15) is 4.98 Å². The van der Waals surface area contributed by atoms with Crippen molar-refractivity contribution in [2.24, 2.45) is 0 Å². The zero-order valence-electron chi connectivity index (χ0n) is 22.3. The summed E-state index contributed by atoms with van der Waals surface area (Å²) in [6, 6.07) is 6.59. The van der Waals surface area contributed by atoms with Gasteiger partial charge < -0.3 is 29.9 Å². The molecule has 3 amide bonds. The van der Waals surface area contributed by atoms with Gasteiger partial charge in [-0.3, -0.25) is 9.36 Å². The second-order valence-corrected chi connectivity index (χ2v) is 9.39. The number of hydrogen-bond acceptors (Lipinski definition) is 8. The number of hydrogen-bond donors (Lipinski definition) is 2. The Labute approximate surface area is 232 Å². The third-order valence-corrected chi connectivity index (χ3v) is 6.57. The van der Waals surface area contributed by atoms with Crippen molar-refractivity contribution in [1.82, 2.24) is 35.1 Å². The summed E-state index contributed by atoms with van der Waals surface area (Å²) in [6.07, 6.45) is 5.90. The minimum absolute atomic E-state index is 0.131. The van der Waals surface area contributed by atoms with Crippen LogP contribution in [0.2, 0.25) is 5.15 Å². The molecule has 208 valence electrons. The first kappa shape index (κ1) is 28.0. The summed E-state index contributed by atoms with van der Waals surface area (Å²) < 4.78 is 12.4. The van der Waals surface area contributed by atoms with Gasteiger partial charge in [-0.25, -0.2) is 14.8 Å². The summed E-state index contributed by atoms with van der Waals surface area (Å²) in [5, 5.41) is 6.16. The number of carbonyl (C=O) groups is 2. The van der Waals surface area contributed by atoms with Crippen molar-refractivity contribution < 1.29 is 19.1 Å². The van der Waals surface area contributed by atoms with Crippen molar-refractivity contribution in [2.45, 2.75) is 32.4 Å². The molecular formula is C26H33ClN8O4. The molecule has 0 saturated carbocycles. The van der Waals surface area contributed by atoms with Gasteiger partial charge in [0.25, 0.3) is 0 Å². The Morgan fingerprint density at radius 2 is 1.97 bits per heavy atom. The second kappa shape index (κ2) is 13.1. The van der Waals surface area contributed by atoms with E-state index in [4.69, 9.17) is 21.1 Å². The van der Waals surface area contributed by atoms with E-state index < -0.39 is 0 Å². The number of benzene rings is 1. The van der Waals surface area contributed by atoms with Gasteiger partial charge in [-0.15, -0.1) is 0 Å². The summed E-state index contributed by atoms with van der Waals surface area (Å²) in [4.78, 5) is 42.7.